The molecule has 0 unspecified atom stereocenters. The molecule has 0 spiro atoms. The van der Waals surface area contributed by atoms with Crippen LogP contribution in [0.4, 0.5) is 13.2 Å². The van der Waals surface area contributed by atoms with E-state index in [1.165, 1.54) is 74.8 Å². The predicted octanol–water partition coefficient (Wildman–Crippen LogP) is 4.85. The van der Waals surface area contributed by atoms with Crippen molar-refractivity contribution < 1.29 is 35.8 Å². The maximum absolute atomic E-state index is 10.7. The summed E-state index contributed by atoms with van der Waals surface area (Å²) >= 11 is 1.79. The topological polar surface area (TPSA) is 81.3 Å². The molecular weight excluding hydrogens is 427 g/mol. The lowest BCUT2D eigenvalue weighted by Gasteiger charge is -2.08. The molecule has 172 valence electrons. The van der Waals surface area contributed by atoms with Gasteiger partial charge in [-0.15, -0.1) is 0 Å². The van der Waals surface area contributed by atoms with Crippen molar-refractivity contribution in [2.24, 2.45) is 0 Å². The number of hydrogen-bond acceptors (Lipinski definition) is 5. The molecule has 1 aromatic rings. The Labute approximate surface area is 176 Å². The molecule has 1 aromatic heterocycles. The molecule has 0 bridgehead atoms. The highest BCUT2D eigenvalue weighted by Gasteiger charge is 2.36. The summed E-state index contributed by atoms with van der Waals surface area (Å²) < 4.78 is 61.3. The molecule has 0 radical (unpaired) electrons. The van der Waals surface area contributed by atoms with Crippen LogP contribution in [0.25, 0.3) is 0 Å². The van der Waals surface area contributed by atoms with E-state index in [0.717, 1.165) is 13.0 Å². The van der Waals surface area contributed by atoms with Gasteiger partial charge >= 0.3 is 5.51 Å². The SMILES string of the molecule is CCCCCCCCCCCC[n+]1csc(CCO)c1C.O=S(=O)([O-])C(F)(F)F. The highest BCUT2D eigenvalue weighted by atomic mass is 32.2. The van der Waals surface area contributed by atoms with E-state index in [-0.39, 0.29) is 6.61 Å². The Morgan fingerprint density at radius 1 is 1.03 bits per heavy atom. The van der Waals surface area contributed by atoms with Gasteiger partial charge in [0, 0.05) is 26.4 Å². The van der Waals surface area contributed by atoms with Crippen molar-refractivity contribution in [1.82, 2.24) is 0 Å². The van der Waals surface area contributed by atoms with Gasteiger partial charge in [-0.1, -0.05) is 69.6 Å². The smallest absolute Gasteiger partial charge is 0.485 e. The third-order valence-electron chi connectivity index (χ3n) is 4.53. The molecule has 0 fully saturated rings. The summed E-state index contributed by atoms with van der Waals surface area (Å²) in [6, 6.07) is 0. The summed E-state index contributed by atoms with van der Waals surface area (Å²) in [5.41, 5.74) is -2.08. The second-order valence-corrected chi connectivity index (χ2v) is 9.29. The van der Waals surface area contributed by atoms with Gasteiger partial charge in [0.25, 0.3) is 0 Å². The van der Waals surface area contributed by atoms with E-state index >= 15 is 0 Å². The van der Waals surface area contributed by atoms with E-state index in [4.69, 9.17) is 18.1 Å². The minimum atomic E-state index is -6.09. The van der Waals surface area contributed by atoms with Gasteiger partial charge in [-0.25, -0.2) is 8.42 Å². The van der Waals surface area contributed by atoms with Crippen molar-refractivity contribution in [3.8, 4) is 0 Å². The standard InChI is InChI=1S/C18H34NOS.CHF3O3S/c1-3-4-5-6-7-8-9-10-11-12-14-19-16-21-18(13-15-20)17(19)2;2-1(3,4)8(5,6)7/h16,20H,3-15H2,1-2H3;(H,5,6,7)/q+1;/p-1. The maximum atomic E-state index is 10.7. The number of hydrogen-bond donors (Lipinski definition) is 1. The van der Waals surface area contributed by atoms with Gasteiger partial charge in [0.05, 0.1) is 4.88 Å². The minimum Gasteiger partial charge on any atom is -0.741 e. The van der Waals surface area contributed by atoms with Crippen LogP contribution in [-0.4, -0.2) is 30.2 Å². The number of aliphatic hydroxyl groups is 1. The Kier molecular flexibility index (Phi) is 14.8. The Morgan fingerprint density at radius 2 is 1.48 bits per heavy atom. The van der Waals surface area contributed by atoms with Crippen LogP contribution in [-0.2, 0) is 23.1 Å². The van der Waals surface area contributed by atoms with Crippen LogP contribution >= 0.6 is 11.3 Å². The number of thiazole rings is 1. The third kappa shape index (κ3) is 13.3. The molecule has 0 amide bonds. The molecule has 0 aliphatic carbocycles. The second kappa shape index (κ2) is 15.1. The molecule has 29 heavy (non-hydrogen) atoms. The van der Waals surface area contributed by atoms with Crippen LogP contribution in [0.5, 0.6) is 0 Å². The van der Waals surface area contributed by atoms with Crippen molar-refractivity contribution in [1.29, 1.82) is 0 Å². The van der Waals surface area contributed by atoms with Crippen molar-refractivity contribution in [3.63, 3.8) is 0 Å². The van der Waals surface area contributed by atoms with Crippen LogP contribution in [0, 0.1) is 6.92 Å². The Hall–Kier alpha value is -0.710. The summed E-state index contributed by atoms with van der Waals surface area (Å²) in [4.78, 5) is 1.34. The van der Waals surface area contributed by atoms with Crippen LogP contribution in [0.15, 0.2) is 5.51 Å². The van der Waals surface area contributed by atoms with Crippen LogP contribution in [0.3, 0.4) is 0 Å². The van der Waals surface area contributed by atoms with Crippen LogP contribution in [0.1, 0.15) is 81.7 Å². The number of halogens is 3. The zero-order chi connectivity index (χ0) is 22.3. The minimum absolute atomic E-state index is 0.264. The molecule has 0 aliphatic heterocycles. The van der Waals surface area contributed by atoms with Gasteiger partial charge in [0.15, 0.2) is 15.8 Å². The molecule has 1 heterocycles. The monoisotopic (exact) mass is 461 g/mol. The first kappa shape index (κ1) is 28.3. The number of aliphatic hydroxyl groups excluding tert-OH is 1. The van der Waals surface area contributed by atoms with Crippen molar-refractivity contribution >= 4 is 21.5 Å². The van der Waals surface area contributed by atoms with Gasteiger partial charge in [0.2, 0.25) is 5.51 Å². The van der Waals surface area contributed by atoms with Gasteiger partial charge in [0.1, 0.15) is 6.54 Å². The van der Waals surface area contributed by atoms with Crippen molar-refractivity contribution in [3.05, 3.63) is 16.1 Å². The summed E-state index contributed by atoms with van der Waals surface area (Å²) in [7, 11) is -6.09. The lowest BCUT2D eigenvalue weighted by atomic mass is 10.1. The lowest BCUT2D eigenvalue weighted by Crippen LogP contribution is -2.34. The Morgan fingerprint density at radius 3 is 1.90 bits per heavy atom. The fourth-order valence-electron chi connectivity index (χ4n) is 2.78. The summed E-state index contributed by atoms with van der Waals surface area (Å²) in [6.45, 7) is 5.86. The van der Waals surface area contributed by atoms with Gasteiger partial charge in [-0.2, -0.15) is 17.7 Å². The van der Waals surface area contributed by atoms with Crippen LogP contribution < -0.4 is 4.57 Å². The highest BCUT2D eigenvalue weighted by molar-refractivity contribution is 7.86. The molecule has 1 rings (SSSR count). The quantitative estimate of drug-likeness (QED) is 0.197. The van der Waals surface area contributed by atoms with Gasteiger partial charge < -0.3 is 9.66 Å². The molecule has 0 atom stereocenters. The maximum Gasteiger partial charge on any atom is 0.485 e. The van der Waals surface area contributed by atoms with Crippen LogP contribution in [0.2, 0.25) is 0 Å². The molecule has 0 saturated heterocycles. The predicted molar refractivity (Wildman–Crippen MR) is 108 cm³/mol. The highest BCUT2D eigenvalue weighted by Crippen LogP contribution is 2.20. The number of aromatic nitrogens is 1. The van der Waals surface area contributed by atoms with E-state index in [1.807, 2.05) is 0 Å². The average molecular weight is 462 g/mol. The summed E-state index contributed by atoms with van der Waals surface area (Å²) in [5.74, 6) is 0. The lowest BCUT2D eigenvalue weighted by molar-refractivity contribution is -0.698. The summed E-state index contributed by atoms with van der Waals surface area (Å²) in [5, 5.41) is 9.02. The first-order valence-electron chi connectivity index (χ1n) is 10.1. The van der Waals surface area contributed by atoms with Gasteiger partial charge in [-0.3, -0.25) is 0 Å². The van der Waals surface area contributed by atoms with E-state index in [1.54, 1.807) is 11.3 Å². The zero-order valence-electron chi connectivity index (χ0n) is 17.3. The normalized spacial score (nSPS) is 12.0. The fraction of sp³-hybridized carbons (Fsp3) is 0.842. The molecule has 5 nitrogen and oxygen atoms in total. The third-order valence-corrected chi connectivity index (χ3v) is 6.24. The molecule has 1 N–H and O–H groups in total. The molecular formula is C19H34F3NO4S2. The van der Waals surface area contributed by atoms with E-state index in [9.17, 15) is 13.2 Å². The van der Waals surface area contributed by atoms with E-state index in [0.29, 0.717) is 0 Å². The second-order valence-electron chi connectivity index (χ2n) is 6.98. The number of rotatable bonds is 13. The zero-order valence-corrected chi connectivity index (χ0v) is 19.0. The van der Waals surface area contributed by atoms with E-state index < -0.39 is 15.6 Å². The molecule has 0 aliphatic rings. The largest absolute Gasteiger partial charge is 0.741 e. The molecule has 0 saturated carbocycles. The molecule has 10 heteroatoms. The van der Waals surface area contributed by atoms with Crippen molar-refractivity contribution in [2.45, 2.75) is 96.5 Å². The number of aryl methyl sites for hydroxylation is 1. The Balaban J connectivity index is 0.000000828. The molecule has 0 aromatic carbocycles. The van der Waals surface area contributed by atoms with Crippen molar-refractivity contribution in [2.75, 3.05) is 6.61 Å². The number of unbranched alkanes of at least 4 members (excludes halogenated alkanes) is 9. The fourth-order valence-corrected chi connectivity index (χ4v) is 3.80. The first-order chi connectivity index (χ1) is 13.5. The summed E-state index contributed by atoms with van der Waals surface area (Å²) in [6.07, 6.45) is 14.7. The van der Waals surface area contributed by atoms with E-state index in [2.05, 4.69) is 23.9 Å². The average Bonchev–Trinajstić information content (AvgIpc) is 2.96. The Bertz CT molecular complexity index is 646. The number of nitrogens with zero attached hydrogens (tertiary/aromatic N) is 1. The van der Waals surface area contributed by atoms with Gasteiger partial charge in [-0.05, 0) is 6.42 Å². The number of alkyl halides is 3. The first-order valence-corrected chi connectivity index (χ1v) is 12.4.